The van der Waals surface area contributed by atoms with E-state index >= 15 is 0 Å². The SMILES string of the molecule is CC(C)COC(=O)N[C@@H](CCC(=O)O)C(=O)N[C@@H](CC(C)C)C(=O)N[C@@H](CS)C(=O)NCCc1cccc(C(=O)O)c1. The number of benzene rings is 1. The number of ether oxygens (including phenoxy) is 1. The third-order valence-electron chi connectivity index (χ3n) is 5.85. The number of carbonyl (C=O) groups is 6. The highest BCUT2D eigenvalue weighted by molar-refractivity contribution is 7.80. The highest BCUT2D eigenvalue weighted by Crippen LogP contribution is 2.09. The summed E-state index contributed by atoms with van der Waals surface area (Å²) in [4.78, 5) is 73.4. The van der Waals surface area contributed by atoms with Gasteiger partial charge in [0.2, 0.25) is 17.7 Å². The molecule has 0 spiro atoms. The van der Waals surface area contributed by atoms with Crippen LogP contribution in [0.25, 0.3) is 0 Å². The van der Waals surface area contributed by atoms with Crippen LogP contribution < -0.4 is 21.3 Å². The molecule has 0 radical (unpaired) electrons. The third kappa shape index (κ3) is 14.2. The number of aromatic carboxylic acids is 1. The van der Waals surface area contributed by atoms with E-state index in [-0.39, 0.29) is 49.1 Å². The molecule has 0 aliphatic rings. The van der Waals surface area contributed by atoms with Gasteiger partial charge >= 0.3 is 18.0 Å². The number of thiol groups is 1. The van der Waals surface area contributed by atoms with Gasteiger partial charge in [-0.15, -0.1) is 0 Å². The standard InChI is InChI=1S/C28H42N4O9S/c1-16(2)12-21(30-25(36)20(8-9-23(33)34)32-28(40)41-14-17(3)4)26(37)31-22(15-42)24(35)29-11-10-18-6-5-7-19(13-18)27(38)39/h5-7,13,16-17,20-22,42H,8-12,14-15H2,1-4H3,(H,29,35)(H,30,36)(H,31,37)(H,32,40)(H,33,34)(H,38,39)/t20-,21-,22-/m0/s1. The van der Waals surface area contributed by atoms with Gasteiger partial charge in [-0.3, -0.25) is 19.2 Å². The van der Waals surface area contributed by atoms with E-state index in [1.807, 2.05) is 27.7 Å². The lowest BCUT2D eigenvalue weighted by atomic mass is 10.0. The van der Waals surface area contributed by atoms with Gasteiger partial charge in [-0.2, -0.15) is 12.6 Å². The van der Waals surface area contributed by atoms with Crippen LogP contribution in [0.1, 0.15) is 62.9 Å². The maximum absolute atomic E-state index is 13.2. The maximum atomic E-state index is 13.2. The Morgan fingerprint density at radius 3 is 2.07 bits per heavy atom. The topological polar surface area (TPSA) is 200 Å². The maximum Gasteiger partial charge on any atom is 0.407 e. The van der Waals surface area contributed by atoms with Crippen molar-refractivity contribution in [3.63, 3.8) is 0 Å². The van der Waals surface area contributed by atoms with E-state index < -0.39 is 60.3 Å². The summed E-state index contributed by atoms with van der Waals surface area (Å²) in [5, 5.41) is 28.4. The Hall–Kier alpha value is -3.81. The molecule has 0 unspecified atom stereocenters. The van der Waals surface area contributed by atoms with Crippen LogP contribution in [0.5, 0.6) is 0 Å². The van der Waals surface area contributed by atoms with Gasteiger partial charge in [0.1, 0.15) is 18.1 Å². The minimum atomic E-state index is -1.27. The molecule has 4 amide bonds. The van der Waals surface area contributed by atoms with Gasteiger partial charge in [0.05, 0.1) is 12.2 Å². The minimum absolute atomic E-state index is 0.0428. The van der Waals surface area contributed by atoms with Crippen LogP contribution in [0.3, 0.4) is 0 Å². The second-order valence-electron chi connectivity index (χ2n) is 10.6. The monoisotopic (exact) mass is 610 g/mol. The van der Waals surface area contributed by atoms with Crippen molar-refractivity contribution < 1.29 is 43.7 Å². The number of carbonyl (C=O) groups excluding carboxylic acids is 4. The van der Waals surface area contributed by atoms with Crippen molar-refractivity contribution in [2.75, 3.05) is 18.9 Å². The Morgan fingerprint density at radius 2 is 1.50 bits per heavy atom. The fourth-order valence-electron chi connectivity index (χ4n) is 3.72. The summed E-state index contributed by atoms with van der Waals surface area (Å²) in [5.41, 5.74) is 0.839. The van der Waals surface area contributed by atoms with Crippen molar-refractivity contribution in [3.8, 4) is 0 Å². The number of carboxylic acid groups (broad SMARTS) is 2. The zero-order chi connectivity index (χ0) is 31.8. The van der Waals surface area contributed by atoms with Gasteiger partial charge < -0.3 is 36.2 Å². The Kier molecular flexibility index (Phi) is 16.0. The Bertz CT molecular complexity index is 1100. The molecule has 13 nitrogen and oxygen atoms in total. The normalized spacial score (nSPS) is 13.0. The predicted octanol–water partition coefficient (Wildman–Crippen LogP) is 1.60. The number of alkyl carbamates (subject to hydrolysis) is 1. The Balaban J connectivity index is 2.87. The summed E-state index contributed by atoms with van der Waals surface area (Å²) >= 11 is 4.17. The molecule has 14 heteroatoms. The average molecular weight is 611 g/mol. The van der Waals surface area contributed by atoms with Gasteiger partial charge in [-0.05, 0) is 48.8 Å². The Morgan fingerprint density at radius 1 is 0.857 bits per heavy atom. The lowest BCUT2D eigenvalue weighted by Crippen LogP contribution is -2.57. The molecule has 0 heterocycles. The molecule has 0 aliphatic heterocycles. The Labute approximate surface area is 250 Å². The largest absolute Gasteiger partial charge is 0.481 e. The zero-order valence-electron chi connectivity index (χ0n) is 24.3. The molecule has 0 bridgehead atoms. The molecule has 0 saturated carbocycles. The number of hydrogen-bond acceptors (Lipinski definition) is 8. The number of aliphatic carboxylic acids is 1. The second kappa shape index (κ2) is 18.6. The number of rotatable bonds is 18. The smallest absolute Gasteiger partial charge is 0.407 e. The van der Waals surface area contributed by atoms with E-state index in [2.05, 4.69) is 33.9 Å². The van der Waals surface area contributed by atoms with Crippen molar-refractivity contribution >= 4 is 48.4 Å². The molecule has 1 aromatic rings. The van der Waals surface area contributed by atoms with Gasteiger partial charge in [0, 0.05) is 18.7 Å². The molecular weight excluding hydrogens is 568 g/mol. The van der Waals surface area contributed by atoms with Crippen LogP contribution in [0, 0.1) is 11.8 Å². The van der Waals surface area contributed by atoms with E-state index in [0.717, 1.165) is 0 Å². The lowest BCUT2D eigenvalue weighted by Gasteiger charge is -2.25. The van der Waals surface area contributed by atoms with Gasteiger partial charge in [0.15, 0.2) is 0 Å². The molecule has 42 heavy (non-hydrogen) atoms. The first kappa shape index (κ1) is 36.2. The predicted molar refractivity (Wildman–Crippen MR) is 157 cm³/mol. The number of nitrogens with one attached hydrogen (secondary N) is 4. The van der Waals surface area contributed by atoms with Gasteiger partial charge in [-0.1, -0.05) is 39.8 Å². The first-order valence-corrected chi connectivity index (χ1v) is 14.3. The van der Waals surface area contributed by atoms with Crippen LogP contribution in [0.4, 0.5) is 4.79 Å². The molecule has 6 N–H and O–H groups in total. The summed E-state index contributed by atoms with van der Waals surface area (Å²) in [7, 11) is 0. The van der Waals surface area contributed by atoms with E-state index in [4.69, 9.17) is 14.9 Å². The molecule has 0 aromatic heterocycles. The van der Waals surface area contributed by atoms with E-state index in [1.54, 1.807) is 12.1 Å². The molecule has 1 rings (SSSR count). The van der Waals surface area contributed by atoms with Crippen molar-refractivity contribution in [3.05, 3.63) is 35.4 Å². The van der Waals surface area contributed by atoms with Crippen molar-refractivity contribution in [2.24, 2.45) is 11.8 Å². The summed E-state index contributed by atoms with van der Waals surface area (Å²) < 4.78 is 5.04. The zero-order valence-corrected chi connectivity index (χ0v) is 25.2. The van der Waals surface area contributed by atoms with Crippen LogP contribution in [0.15, 0.2) is 24.3 Å². The molecule has 0 saturated heterocycles. The second-order valence-corrected chi connectivity index (χ2v) is 11.0. The summed E-state index contributed by atoms with van der Waals surface area (Å²) in [6.07, 6.45) is -0.976. The highest BCUT2D eigenvalue weighted by Gasteiger charge is 2.30. The molecule has 0 aliphatic carbocycles. The molecule has 234 valence electrons. The molecule has 1 aromatic carbocycles. The van der Waals surface area contributed by atoms with E-state index in [0.29, 0.717) is 12.0 Å². The summed E-state index contributed by atoms with van der Waals surface area (Å²) in [6.45, 7) is 7.60. The van der Waals surface area contributed by atoms with Crippen LogP contribution in [-0.2, 0) is 30.3 Å². The number of amides is 4. The van der Waals surface area contributed by atoms with Crippen molar-refractivity contribution in [2.45, 2.75) is 71.5 Å². The fourth-order valence-corrected chi connectivity index (χ4v) is 3.97. The molecule has 3 atom stereocenters. The average Bonchev–Trinajstić information content (AvgIpc) is 2.91. The quantitative estimate of drug-likeness (QED) is 0.121. The van der Waals surface area contributed by atoms with Gasteiger partial charge in [-0.25, -0.2) is 9.59 Å². The van der Waals surface area contributed by atoms with Crippen molar-refractivity contribution in [1.29, 1.82) is 0 Å². The third-order valence-corrected chi connectivity index (χ3v) is 6.21. The summed E-state index contributed by atoms with van der Waals surface area (Å²) in [5.74, 6) is -4.21. The highest BCUT2D eigenvalue weighted by atomic mass is 32.1. The van der Waals surface area contributed by atoms with Crippen LogP contribution in [0.2, 0.25) is 0 Å². The summed E-state index contributed by atoms with van der Waals surface area (Å²) in [6, 6.07) is 2.92. The molecule has 0 fully saturated rings. The van der Waals surface area contributed by atoms with E-state index in [1.165, 1.54) is 12.1 Å². The van der Waals surface area contributed by atoms with Crippen molar-refractivity contribution in [1.82, 2.24) is 21.3 Å². The minimum Gasteiger partial charge on any atom is -0.481 e. The van der Waals surface area contributed by atoms with Gasteiger partial charge in [0.25, 0.3) is 0 Å². The first-order chi connectivity index (χ1) is 19.7. The lowest BCUT2D eigenvalue weighted by molar-refractivity contribution is -0.137. The van der Waals surface area contributed by atoms with E-state index in [9.17, 15) is 28.8 Å². The van der Waals surface area contributed by atoms with Crippen LogP contribution >= 0.6 is 12.6 Å². The number of hydrogen-bond donors (Lipinski definition) is 7. The van der Waals surface area contributed by atoms with Crippen LogP contribution in [-0.4, -0.2) is 83.0 Å². The first-order valence-electron chi connectivity index (χ1n) is 13.7. The number of carboxylic acids is 2. The molecular formula is C28H42N4O9S. The fraction of sp³-hybridized carbons (Fsp3) is 0.571.